The van der Waals surface area contributed by atoms with Gasteiger partial charge in [0, 0.05) is 18.5 Å². The second kappa shape index (κ2) is 7.20. The van der Waals surface area contributed by atoms with Gasteiger partial charge in [0.2, 0.25) is 0 Å². The van der Waals surface area contributed by atoms with E-state index in [4.69, 9.17) is 9.47 Å². The Bertz CT molecular complexity index is 730. The molecule has 0 amide bonds. The first kappa shape index (κ1) is 16.7. The van der Waals surface area contributed by atoms with Gasteiger partial charge in [0.15, 0.2) is 0 Å². The maximum absolute atomic E-state index is 12.1. The number of rotatable bonds is 4. The number of fused-ring (bicyclic) bond motifs is 1. The van der Waals surface area contributed by atoms with Gasteiger partial charge in [0.05, 0.1) is 20.3 Å². The molecule has 1 fully saturated rings. The van der Waals surface area contributed by atoms with E-state index in [-0.39, 0.29) is 5.97 Å². The van der Waals surface area contributed by atoms with Crippen LogP contribution < -0.4 is 4.74 Å². The molecule has 0 radical (unpaired) electrons. The average Bonchev–Trinajstić information content (AvgIpc) is 2.62. The smallest absolute Gasteiger partial charge is 0.323 e. The highest BCUT2D eigenvalue weighted by atomic mass is 16.5. The van der Waals surface area contributed by atoms with Crippen molar-refractivity contribution in [1.82, 2.24) is 4.90 Å². The largest absolute Gasteiger partial charge is 0.496 e. The van der Waals surface area contributed by atoms with Gasteiger partial charge in [-0.3, -0.25) is 9.69 Å². The fraction of sp³-hybridized carbons (Fsp3) is 0.421. The summed E-state index contributed by atoms with van der Waals surface area (Å²) in [6.07, 6.45) is 0.639. The Hall–Kier alpha value is -2.11. The minimum atomic E-state index is -0.446. The van der Waals surface area contributed by atoms with Crippen LogP contribution in [-0.4, -0.2) is 48.9 Å². The number of piperidine rings is 1. The van der Waals surface area contributed by atoms with Crippen LogP contribution in [0.25, 0.3) is 10.8 Å². The van der Waals surface area contributed by atoms with E-state index in [2.05, 4.69) is 11.0 Å². The molecule has 0 saturated carbocycles. The Morgan fingerprint density at radius 3 is 2.67 bits per heavy atom. The minimum Gasteiger partial charge on any atom is -0.496 e. The summed E-state index contributed by atoms with van der Waals surface area (Å²) >= 11 is 0. The van der Waals surface area contributed by atoms with Crippen LogP contribution in [0.2, 0.25) is 0 Å². The highest BCUT2D eigenvalue weighted by Gasteiger charge is 2.33. The van der Waals surface area contributed by atoms with Crippen LogP contribution in [0, 0.1) is 0 Å². The second-order valence-electron chi connectivity index (χ2n) is 6.16. The zero-order valence-corrected chi connectivity index (χ0v) is 14.1. The lowest BCUT2D eigenvalue weighted by Gasteiger charge is -2.36. The molecule has 2 aromatic carbocycles. The highest BCUT2D eigenvalue weighted by molar-refractivity contribution is 5.91. The van der Waals surface area contributed by atoms with Gasteiger partial charge >= 0.3 is 5.97 Å². The molecule has 2 atom stereocenters. The third kappa shape index (κ3) is 3.23. The molecule has 1 N–H and O–H groups in total. The van der Waals surface area contributed by atoms with Gasteiger partial charge < -0.3 is 14.6 Å². The maximum Gasteiger partial charge on any atom is 0.323 e. The van der Waals surface area contributed by atoms with Crippen molar-refractivity contribution in [1.29, 1.82) is 0 Å². The number of benzene rings is 2. The summed E-state index contributed by atoms with van der Waals surface area (Å²) in [5, 5.41) is 12.1. The summed E-state index contributed by atoms with van der Waals surface area (Å²) in [5.41, 5.74) is 1.14. The quantitative estimate of drug-likeness (QED) is 0.873. The molecule has 1 heterocycles. The van der Waals surface area contributed by atoms with Crippen molar-refractivity contribution in [3.63, 3.8) is 0 Å². The van der Waals surface area contributed by atoms with Gasteiger partial charge in [-0.25, -0.2) is 0 Å². The number of ether oxygens (including phenoxy) is 2. The predicted molar refractivity (Wildman–Crippen MR) is 92.0 cm³/mol. The van der Waals surface area contributed by atoms with Crippen molar-refractivity contribution >= 4 is 16.7 Å². The first-order chi connectivity index (χ1) is 11.6. The van der Waals surface area contributed by atoms with Gasteiger partial charge in [-0.2, -0.15) is 0 Å². The van der Waals surface area contributed by atoms with Crippen molar-refractivity contribution in [3.8, 4) is 5.75 Å². The van der Waals surface area contributed by atoms with Crippen LogP contribution in [0.15, 0.2) is 36.4 Å². The molecule has 1 aliphatic rings. The lowest BCUT2D eigenvalue weighted by molar-refractivity contribution is -0.150. The lowest BCUT2D eigenvalue weighted by atomic mass is 9.97. The molecule has 128 valence electrons. The van der Waals surface area contributed by atoms with Gasteiger partial charge in [-0.05, 0) is 29.9 Å². The molecule has 24 heavy (non-hydrogen) atoms. The van der Waals surface area contributed by atoms with Crippen molar-refractivity contribution in [2.45, 2.75) is 31.5 Å². The monoisotopic (exact) mass is 329 g/mol. The lowest BCUT2D eigenvalue weighted by Crippen LogP contribution is -2.48. The Balaban J connectivity index is 1.92. The molecule has 3 rings (SSSR count). The number of aliphatic hydroxyl groups excluding tert-OH is 1. The number of hydrogen-bond donors (Lipinski definition) is 1. The summed E-state index contributed by atoms with van der Waals surface area (Å²) in [4.78, 5) is 14.2. The standard InChI is InChI=1S/C19H23NO4/c1-23-18-8-7-13(15-5-3-4-6-16(15)18)12-20-10-9-14(21)11-17(20)19(22)24-2/h3-8,14,17,21H,9-12H2,1-2H3/t14-,17+/m1/s1. The fourth-order valence-corrected chi connectivity index (χ4v) is 3.43. The van der Waals surface area contributed by atoms with E-state index in [0.29, 0.717) is 25.9 Å². The topological polar surface area (TPSA) is 59.0 Å². The summed E-state index contributed by atoms with van der Waals surface area (Å²) in [6, 6.07) is 11.7. The molecular formula is C19H23NO4. The second-order valence-corrected chi connectivity index (χ2v) is 6.16. The first-order valence-corrected chi connectivity index (χ1v) is 8.18. The summed E-state index contributed by atoms with van der Waals surface area (Å²) in [6.45, 7) is 1.30. The van der Waals surface area contributed by atoms with E-state index in [1.165, 1.54) is 7.11 Å². The van der Waals surface area contributed by atoms with Gasteiger partial charge in [-0.1, -0.05) is 30.3 Å². The number of methoxy groups -OCH3 is 2. The molecule has 0 spiro atoms. The SMILES string of the molecule is COC(=O)[C@@H]1C[C@H](O)CCN1Cc1ccc(OC)c2ccccc12. The third-order valence-electron chi connectivity index (χ3n) is 4.73. The third-order valence-corrected chi connectivity index (χ3v) is 4.73. The van der Waals surface area contributed by atoms with E-state index in [0.717, 1.165) is 22.1 Å². The van der Waals surface area contributed by atoms with Crippen LogP contribution in [0.4, 0.5) is 0 Å². The van der Waals surface area contributed by atoms with Crippen molar-refractivity contribution in [2.24, 2.45) is 0 Å². The normalized spacial score (nSPS) is 21.6. The predicted octanol–water partition coefficient (Wildman–Crippen LogP) is 2.35. The molecule has 0 aliphatic carbocycles. The minimum absolute atomic E-state index is 0.286. The number of carbonyl (C=O) groups excluding carboxylic acids is 1. The number of nitrogens with zero attached hydrogens (tertiary/aromatic N) is 1. The van der Waals surface area contributed by atoms with Gasteiger partial charge in [0.25, 0.3) is 0 Å². The highest BCUT2D eigenvalue weighted by Crippen LogP contribution is 2.30. The molecule has 1 saturated heterocycles. The maximum atomic E-state index is 12.1. The average molecular weight is 329 g/mol. The molecular weight excluding hydrogens is 306 g/mol. The van der Waals surface area contributed by atoms with E-state index >= 15 is 0 Å². The van der Waals surface area contributed by atoms with Crippen LogP contribution in [0.5, 0.6) is 5.75 Å². The van der Waals surface area contributed by atoms with Crippen molar-refractivity contribution in [3.05, 3.63) is 42.0 Å². The van der Waals surface area contributed by atoms with E-state index < -0.39 is 12.1 Å². The number of aliphatic hydroxyl groups is 1. The summed E-state index contributed by atoms with van der Waals surface area (Å²) in [7, 11) is 3.06. The molecule has 0 bridgehead atoms. The zero-order chi connectivity index (χ0) is 17.1. The fourth-order valence-electron chi connectivity index (χ4n) is 3.43. The van der Waals surface area contributed by atoms with E-state index in [1.54, 1.807) is 7.11 Å². The number of likely N-dealkylation sites (tertiary alicyclic amines) is 1. The zero-order valence-electron chi connectivity index (χ0n) is 14.1. The number of carbonyl (C=O) groups is 1. The summed E-state index contributed by atoms with van der Waals surface area (Å²) in [5.74, 6) is 0.555. The van der Waals surface area contributed by atoms with Crippen molar-refractivity contribution in [2.75, 3.05) is 20.8 Å². The van der Waals surface area contributed by atoms with Gasteiger partial charge in [0.1, 0.15) is 11.8 Å². The van der Waals surface area contributed by atoms with Crippen LogP contribution in [-0.2, 0) is 16.1 Å². The number of hydrogen-bond acceptors (Lipinski definition) is 5. The van der Waals surface area contributed by atoms with Crippen LogP contribution in [0.3, 0.4) is 0 Å². The van der Waals surface area contributed by atoms with Crippen LogP contribution in [0.1, 0.15) is 18.4 Å². The van der Waals surface area contributed by atoms with Crippen LogP contribution >= 0.6 is 0 Å². The Morgan fingerprint density at radius 1 is 1.21 bits per heavy atom. The van der Waals surface area contributed by atoms with E-state index in [1.807, 2.05) is 30.3 Å². The Kier molecular flexibility index (Phi) is 5.02. The number of esters is 1. The van der Waals surface area contributed by atoms with Gasteiger partial charge in [-0.15, -0.1) is 0 Å². The Labute approximate surface area is 141 Å². The molecule has 0 unspecified atom stereocenters. The Morgan fingerprint density at radius 2 is 1.96 bits per heavy atom. The first-order valence-electron chi connectivity index (χ1n) is 8.18. The molecule has 2 aromatic rings. The molecule has 1 aliphatic heterocycles. The molecule has 5 nitrogen and oxygen atoms in total. The molecule has 0 aromatic heterocycles. The molecule has 5 heteroatoms. The summed E-state index contributed by atoms with van der Waals surface area (Å²) < 4.78 is 10.4. The van der Waals surface area contributed by atoms with E-state index in [9.17, 15) is 9.90 Å². The van der Waals surface area contributed by atoms with Crippen molar-refractivity contribution < 1.29 is 19.4 Å².